The van der Waals surface area contributed by atoms with Gasteiger partial charge in [0.2, 0.25) is 0 Å². The van der Waals surface area contributed by atoms with Gasteiger partial charge in [-0.1, -0.05) is 19.4 Å². The molecule has 0 fully saturated rings. The van der Waals surface area contributed by atoms with Crippen molar-refractivity contribution >= 4 is 0 Å². The van der Waals surface area contributed by atoms with Gasteiger partial charge in [-0.3, -0.25) is 0 Å². The van der Waals surface area contributed by atoms with E-state index < -0.39 is 5.09 Å². The lowest BCUT2D eigenvalue weighted by atomic mass is 10.2. The van der Waals surface area contributed by atoms with Crippen molar-refractivity contribution in [1.29, 1.82) is 0 Å². The molecule has 1 aromatic rings. The highest BCUT2D eigenvalue weighted by molar-refractivity contribution is 4.83. The third-order valence-electron chi connectivity index (χ3n) is 1.80. The Hall–Kier alpha value is -1.65. The quantitative estimate of drug-likeness (QED) is 0.331. The first-order valence-corrected chi connectivity index (χ1v) is 4.92. The van der Waals surface area contributed by atoms with Crippen LogP contribution in [0.25, 0.3) is 0 Å². The molecule has 0 radical (unpaired) electrons. The van der Waals surface area contributed by atoms with Crippen LogP contribution in [0.5, 0.6) is 0 Å². The second-order valence-corrected chi connectivity index (χ2v) is 3.04. The van der Waals surface area contributed by atoms with Crippen molar-refractivity contribution in [2.45, 2.75) is 32.7 Å². The molecule has 5 heteroatoms. The number of aryl methyl sites for hydroxylation is 1. The SMILES string of the molecule is CCCCC[n+]1ccccc1.O=[N+]([O-])[O-]. The molecular formula is C10H16N2O3. The molecule has 0 unspecified atom stereocenters. The van der Waals surface area contributed by atoms with Gasteiger partial charge >= 0.3 is 0 Å². The summed E-state index contributed by atoms with van der Waals surface area (Å²) >= 11 is 0. The number of hydrogen-bond donors (Lipinski definition) is 0. The van der Waals surface area contributed by atoms with Crippen LogP contribution in [0.1, 0.15) is 26.2 Å². The summed E-state index contributed by atoms with van der Waals surface area (Å²) in [5, 5.41) is 14.8. The molecule has 0 bridgehead atoms. The van der Waals surface area contributed by atoms with Crippen LogP contribution in [0.15, 0.2) is 30.6 Å². The summed E-state index contributed by atoms with van der Waals surface area (Å²) in [4.78, 5) is 8.25. The van der Waals surface area contributed by atoms with Crippen molar-refractivity contribution in [1.82, 2.24) is 0 Å². The summed E-state index contributed by atoms with van der Waals surface area (Å²) in [5.74, 6) is 0. The van der Waals surface area contributed by atoms with Gasteiger partial charge in [0.25, 0.3) is 0 Å². The van der Waals surface area contributed by atoms with Crippen LogP contribution in [0.2, 0.25) is 0 Å². The van der Waals surface area contributed by atoms with Gasteiger partial charge in [-0.2, -0.15) is 0 Å². The number of pyridine rings is 1. The molecular weight excluding hydrogens is 196 g/mol. The number of hydrogen-bond acceptors (Lipinski definition) is 3. The average Bonchev–Trinajstić information content (AvgIpc) is 2.19. The summed E-state index contributed by atoms with van der Waals surface area (Å²) < 4.78 is 2.23. The zero-order valence-corrected chi connectivity index (χ0v) is 8.83. The molecule has 1 rings (SSSR count). The summed E-state index contributed by atoms with van der Waals surface area (Å²) in [6.07, 6.45) is 8.17. The second-order valence-electron chi connectivity index (χ2n) is 3.04. The van der Waals surface area contributed by atoms with E-state index in [-0.39, 0.29) is 0 Å². The Morgan fingerprint density at radius 1 is 1.13 bits per heavy atom. The van der Waals surface area contributed by atoms with Gasteiger partial charge < -0.3 is 15.3 Å². The molecule has 0 atom stereocenters. The van der Waals surface area contributed by atoms with E-state index in [0.717, 1.165) is 6.54 Å². The summed E-state index contributed by atoms with van der Waals surface area (Å²) in [7, 11) is 0. The average molecular weight is 212 g/mol. The zero-order chi connectivity index (χ0) is 11.5. The van der Waals surface area contributed by atoms with E-state index in [1.165, 1.54) is 19.3 Å². The van der Waals surface area contributed by atoms with E-state index in [1.807, 2.05) is 0 Å². The molecule has 5 nitrogen and oxygen atoms in total. The third kappa shape index (κ3) is 10.3. The molecule has 0 aliphatic rings. The van der Waals surface area contributed by atoms with Crippen molar-refractivity contribution in [2.75, 3.05) is 0 Å². The van der Waals surface area contributed by atoms with Crippen LogP contribution < -0.4 is 4.57 Å². The first-order valence-electron chi connectivity index (χ1n) is 4.92. The van der Waals surface area contributed by atoms with Crippen molar-refractivity contribution in [3.63, 3.8) is 0 Å². The van der Waals surface area contributed by atoms with Gasteiger partial charge in [-0.15, -0.1) is 0 Å². The normalized spacial score (nSPS) is 8.87. The van der Waals surface area contributed by atoms with Crippen LogP contribution in [-0.2, 0) is 6.54 Å². The molecule has 0 aliphatic heterocycles. The minimum absolute atomic E-state index is 1.16. The molecule has 0 aliphatic carbocycles. The van der Waals surface area contributed by atoms with Crippen LogP contribution >= 0.6 is 0 Å². The Bertz CT molecular complexity index is 261. The summed E-state index contributed by atoms with van der Waals surface area (Å²) in [5.41, 5.74) is 0. The molecule has 15 heavy (non-hydrogen) atoms. The Kier molecular flexibility index (Phi) is 7.94. The topological polar surface area (TPSA) is 70.1 Å². The van der Waals surface area contributed by atoms with Crippen LogP contribution in [0, 0.1) is 15.3 Å². The Morgan fingerprint density at radius 3 is 2.13 bits per heavy atom. The molecule has 1 aromatic heterocycles. The second kappa shape index (κ2) is 8.93. The Morgan fingerprint density at radius 2 is 1.67 bits per heavy atom. The molecule has 0 saturated heterocycles. The number of rotatable bonds is 4. The highest BCUT2D eigenvalue weighted by Gasteiger charge is 1.94. The van der Waals surface area contributed by atoms with Gasteiger partial charge in [0.15, 0.2) is 12.4 Å². The van der Waals surface area contributed by atoms with Crippen LogP contribution in [0.4, 0.5) is 0 Å². The van der Waals surface area contributed by atoms with Crippen LogP contribution in [0.3, 0.4) is 0 Å². The molecule has 0 amide bonds. The van der Waals surface area contributed by atoms with Gasteiger partial charge in [-0.05, 0) is 6.42 Å². The molecule has 0 spiro atoms. The third-order valence-corrected chi connectivity index (χ3v) is 1.80. The van der Waals surface area contributed by atoms with E-state index in [0.29, 0.717) is 0 Å². The molecule has 0 N–H and O–H groups in total. The molecule has 84 valence electrons. The summed E-state index contributed by atoms with van der Waals surface area (Å²) in [6.45, 7) is 3.39. The monoisotopic (exact) mass is 212 g/mol. The van der Waals surface area contributed by atoms with Crippen molar-refractivity contribution < 1.29 is 9.65 Å². The van der Waals surface area contributed by atoms with Gasteiger partial charge in [0.1, 0.15) is 6.54 Å². The Labute approximate surface area is 89.1 Å². The highest BCUT2D eigenvalue weighted by Crippen LogP contribution is 1.92. The lowest BCUT2D eigenvalue weighted by Crippen LogP contribution is -2.31. The van der Waals surface area contributed by atoms with E-state index in [1.54, 1.807) is 0 Å². The van der Waals surface area contributed by atoms with Crippen molar-refractivity contribution in [3.05, 3.63) is 45.9 Å². The number of aromatic nitrogens is 1. The van der Waals surface area contributed by atoms with E-state index in [9.17, 15) is 0 Å². The lowest BCUT2D eigenvalue weighted by Gasteiger charge is -1.93. The van der Waals surface area contributed by atoms with E-state index in [4.69, 9.17) is 15.3 Å². The number of unbranched alkanes of at least 4 members (excludes halogenated alkanes) is 2. The molecule has 0 aromatic carbocycles. The summed E-state index contributed by atoms with van der Waals surface area (Å²) in [6, 6.07) is 6.20. The predicted octanol–water partition coefficient (Wildman–Crippen LogP) is 1.93. The number of nitrogens with zero attached hydrogens (tertiary/aromatic N) is 2. The van der Waals surface area contributed by atoms with E-state index >= 15 is 0 Å². The zero-order valence-electron chi connectivity index (χ0n) is 8.83. The van der Waals surface area contributed by atoms with Gasteiger partial charge in [0.05, 0.1) is 5.09 Å². The van der Waals surface area contributed by atoms with Gasteiger partial charge in [0, 0.05) is 18.6 Å². The smallest absolute Gasteiger partial charge is 0.168 e. The maximum Gasteiger partial charge on any atom is 0.168 e. The standard InChI is InChI=1S/C10H16N.NO3/c1-2-3-5-8-11-9-6-4-7-10-11;2-1(3)4/h4,6-7,9-10H,2-3,5,8H2,1H3;/q+1;-1. The maximum atomic E-state index is 8.25. The maximum absolute atomic E-state index is 8.25. The van der Waals surface area contributed by atoms with E-state index in [2.05, 4.69) is 42.1 Å². The molecule has 0 saturated carbocycles. The Balaban J connectivity index is 0.000000423. The van der Waals surface area contributed by atoms with Gasteiger partial charge in [-0.25, -0.2) is 4.57 Å². The first kappa shape index (κ1) is 13.4. The fourth-order valence-electron chi connectivity index (χ4n) is 1.13. The minimum atomic E-state index is -1.75. The largest absolute Gasteiger partial charge is 0.356 e. The fraction of sp³-hybridized carbons (Fsp3) is 0.500. The molecule has 1 heterocycles. The lowest BCUT2D eigenvalue weighted by molar-refractivity contribution is -0.697. The predicted molar refractivity (Wildman–Crippen MR) is 56.5 cm³/mol. The van der Waals surface area contributed by atoms with Crippen molar-refractivity contribution in [3.8, 4) is 0 Å². The minimum Gasteiger partial charge on any atom is -0.356 e. The highest BCUT2D eigenvalue weighted by atomic mass is 16.9. The fourth-order valence-corrected chi connectivity index (χ4v) is 1.13. The van der Waals surface area contributed by atoms with Crippen molar-refractivity contribution in [2.24, 2.45) is 0 Å². The first-order chi connectivity index (χ1) is 7.16. The van der Waals surface area contributed by atoms with Crippen LogP contribution in [-0.4, -0.2) is 5.09 Å².